The van der Waals surface area contributed by atoms with Crippen molar-refractivity contribution < 1.29 is 0 Å². The number of aryl methyl sites for hydroxylation is 1. The highest BCUT2D eigenvalue weighted by Crippen LogP contribution is 2.34. The maximum absolute atomic E-state index is 4.19. The van der Waals surface area contributed by atoms with Gasteiger partial charge in [0.15, 0.2) is 0 Å². The van der Waals surface area contributed by atoms with Crippen LogP contribution in [0.15, 0.2) is 6.20 Å². The lowest BCUT2D eigenvalue weighted by Gasteiger charge is -2.42. The van der Waals surface area contributed by atoms with Gasteiger partial charge in [-0.3, -0.25) is 0 Å². The van der Waals surface area contributed by atoms with Gasteiger partial charge in [-0.05, 0) is 32.6 Å². The minimum Gasteiger partial charge on any atom is -0.345 e. The minimum atomic E-state index is 0.430. The Morgan fingerprint density at radius 2 is 2.36 bits per heavy atom. The Morgan fingerprint density at radius 3 is 2.79 bits per heavy atom. The predicted octanol–water partition coefficient (Wildman–Crippen LogP) is 2.14. The lowest BCUT2D eigenvalue weighted by Crippen LogP contribution is -2.49. The normalized spacial score (nSPS) is 19.3. The molecular weight excluding hydrogens is 174 g/mol. The van der Waals surface area contributed by atoms with E-state index >= 15 is 0 Å². The maximum atomic E-state index is 4.19. The van der Waals surface area contributed by atoms with Crippen LogP contribution in [0.3, 0.4) is 0 Å². The molecule has 78 valence electrons. The average molecular weight is 193 g/mol. The number of nitrogens with one attached hydrogen (secondary N) is 2. The zero-order valence-electron chi connectivity index (χ0n) is 9.06. The van der Waals surface area contributed by atoms with E-state index in [-0.39, 0.29) is 0 Å². The number of hydrogen-bond acceptors (Lipinski definition) is 2. The summed E-state index contributed by atoms with van der Waals surface area (Å²) >= 11 is 0. The molecular formula is C11H19N3. The Balaban J connectivity index is 1.87. The van der Waals surface area contributed by atoms with Crippen molar-refractivity contribution in [1.82, 2.24) is 15.3 Å². The van der Waals surface area contributed by atoms with Gasteiger partial charge in [0.1, 0.15) is 5.82 Å². The van der Waals surface area contributed by atoms with E-state index in [0.29, 0.717) is 5.54 Å². The van der Waals surface area contributed by atoms with Crippen molar-refractivity contribution in [3.63, 3.8) is 0 Å². The lowest BCUT2D eigenvalue weighted by atomic mass is 9.75. The quantitative estimate of drug-likeness (QED) is 0.769. The van der Waals surface area contributed by atoms with Crippen molar-refractivity contribution in [1.29, 1.82) is 0 Å². The van der Waals surface area contributed by atoms with Gasteiger partial charge in [0.05, 0.1) is 0 Å². The van der Waals surface area contributed by atoms with Gasteiger partial charge in [-0.2, -0.15) is 0 Å². The van der Waals surface area contributed by atoms with Crippen LogP contribution in [0.5, 0.6) is 0 Å². The molecule has 0 spiro atoms. The summed E-state index contributed by atoms with van der Waals surface area (Å²) in [7, 11) is 0. The summed E-state index contributed by atoms with van der Waals surface area (Å²) in [6.45, 7) is 5.18. The zero-order chi connectivity index (χ0) is 10.0. The van der Waals surface area contributed by atoms with Crippen molar-refractivity contribution in [2.75, 3.05) is 0 Å². The summed E-state index contributed by atoms with van der Waals surface area (Å²) in [6, 6.07) is 0. The second-order valence-corrected chi connectivity index (χ2v) is 4.33. The van der Waals surface area contributed by atoms with Crippen LogP contribution in [-0.4, -0.2) is 15.5 Å². The molecule has 2 N–H and O–H groups in total. The fraction of sp³-hybridized carbons (Fsp3) is 0.727. The highest BCUT2D eigenvalue weighted by atomic mass is 15.0. The third-order valence-corrected chi connectivity index (χ3v) is 3.40. The van der Waals surface area contributed by atoms with E-state index in [1.54, 1.807) is 0 Å². The number of imidazole rings is 1. The lowest BCUT2D eigenvalue weighted by molar-refractivity contribution is 0.175. The second-order valence-electron chi connectivity index (χ2n) is 4.33. The molecule has 1 saturated carbocycles. The molecule has 2 rings (SSSR count). The van der Waals surface area contributed by atoms with Crippen molar-refractivity contribution in [3.05, 3.63) is 17.7 Å². The summed E-state index contributed by atoms with van der Waals surface area (Å²) in [4.78, 5) is 7.44. The van der Waals surface area contributed by atoms with Crippen LogP contribution in [0.4, 0.5) is 0 Å². The van der Waals surface area contributed by atoms with E-state index in [1.807, 2.05) is 13.1 Å². The first-order chi connectivity index (χ1) is 6.74. The second kappa shape index (κ2) is 3.73. The smallest absolute Gasteiger partial charge is 0.103 e. The molecule has 0 atom stereocenters. The molecule has 14 heavy (non-hydrogen) atoms. The van der Waals surface area contributed by atoms with E-state index in [1.165, 1.54) is 31.4 Å². The van der Waals surface area contributed by atoms with Crippen molar-refractivity contribution in [2.45, 2.75) is 51.6 Å². The van der Waals surface area contributed by atoms with Gasteiger partial charge in [0.25, 0.3) is 0 Å². The summed E-state index contributed by atoms with van der Waals surface area (Å²) in [5.74, 6) is 1.00. The summed E-state index contributed by atoms with van der Waals surface area (Å²) in [6.07, 6.45) is 7.20. The Labute approximate surface area is 85.3 Å². The minimum absolute atomic E-state index is 0.430. The van der Waals surface area contributed by atoms with E-state index in [2.05, 4.69) is 22.2 Å². The molecule has 1 aromatic heterocycles. The van der Waals surface area contributed by atoms with Gasteiger partial charge in [-0.1, -0.05) is 6.92 Å². The molecule has 3 heteroatoms. The van der Waals surface area contributed by atoms with Gasteiger partial charge in [0.2, 0.25) is 0 Å². The van der Waals surface area contributed by atoms with E-state index in [4.69, 9.17) is 0 Å². The van der Waals surface area contributed by atoms with Crippen LogP contribution in [-0.2, 0) is 6.54 Å². The molecule has 1 aliphatic carbocycles. The summed E-state index contributed by atoms with van der Waals surface area (Å²) < 4.78 is 0. The maximum Gasteiger partial charge on any atom is 0.103 e. The molecule has 1 heterocycles. The van der Waals surface area contributed by atoms with E-state index < -0.39 is 0 Å². The van der Waals surface area contributed by atoms with Crippen LogP contribution < -0.4 is 5.32 Å². The van der Waals surface area contributed by atoms with Crippen molar-refractivity contribution in [2.24, 2.45) is 0 Å². The Hall–Kier alpha value is -0.830. The monoisotopic (exact) mass is 193 g/mol. The Morgan fingerprint density at radius 1 is 1.57 bits per heavy atom. The highest BCUT2D eigenvalue weighted by molar-refractivity contribution is 5.02. The van der Waals surface area contributed by atoms with Crippen LogP contribution in [0.1, 0.15) is 44.1 Å². The fourth-order valence-electron chi connectivity index (χ4n) is 2.10. The van der Waals surface area contributed by atoms with Gasteiger partial charge >= 0.3 is 0 Å². The standard InChI is InChI=1S/C11H19N3/c1-3-11(5-4-6-11)13-8-10-7-12-9(2)14-10/h7,13H,3-6,8H2,1-2H3,(H,12,14). The SMILES string of the molecule is CCC1(NCc2cnc(C)[nH]2)CCC1. The first-order valence-electron chi connectivity index (χ1n) is 5.50. The van der Waals surface area contributed by atoms with Gasteiger partial charge in [-0.25, -0.2) is 4.98 Å². The summed E-state index contributed by atoms with van der Waals surface area (Å²) in [5.41, 5.74) is 1.63. The third-order valence-electron chi connectivity index (χ3n) is 3.40. The van der Waals surface area contributed by atoms with E-state index in [9.17, 15) is 0 Å². The van der Waals surface area contributed by atoms with Crippen LogP contribution in [0, 0.1) is 6.92 Å². The summed E-state index contributed by atoms with van der Waals surface area (Å²) in [5, 5.41) is 3.64. The largest absolute Gasteiger partial charge is 0.345 e. The topological polar surface area (TPSA) is 40.7 Å². The number of hydrogen-bond donors (Lipinski definition) is 2. The zero-order valence-corrected chi connectivity index (χ0v) is 9.06. The predicted molar refractivity (Wildman–Crippen MR) is 57.0 cm³/mol. The molecule has 1 aliphatic rings. The molecule has 0 saturated heterocycles. The molecule has 0 aromatic carbocycles. The molecule has 0 unspecified atom stereocenters. The Bertz CT molecular complexity index is 294. The van der Waals surface area contributed by atoms with Crippen LogP contribution in [0.2, 0.25) is 0 Å². The van der Waals surface area contributed by atoms with Crippen molar-refractivity contribution >= 4 is 0 Å². The molecule has 0 bridgehead atoms. The fourth-order valence-corrected chi connectivity index (χ4v) is 2.10. The average Bonchev–Trinajstić information content (AvgIpc) is 2.50. The Kier molecular flexibility index (Phi) is 2.59. The number of nitrogens with zero attached hydrogens (tertiary/aromatic N) is 1. The highest BCUT2D eigenvalue weighted by Gasteiger charge is 2.34. The number of aromatic nitrogens is 2. The van der Waals surface area contributed by atoms with Crippen molar-refractivity contribution in [3.8, 4) is 0 Å². The van der Waals surface area contributed by atoms with Crippen LogP contribution >= 0.6 is 0 Å². The number of aromatic amines is 1. The number of H-pyrrole nitrogens is 1. The van der Waals surface area contributed by atoms with Crippen LogP contribution in [0.25, 0.3) is 0 Å². The first kappa shape index (κ1) is 9.71. The third kappa shape index (κ3) is 1.82. The molecule has 1 fully saturated rings. The van der Waals surface area contributed by atoms with Gasteiger partial charge in [-0.15, -0.1) is 0 Å². The molecule has 0 amide bonds. The van der Waals surface area contributed by atoms with Gasteiger partial charge in [0, 0.05) is 24.0 Å². The molecule has 0 aliphatic heterocycles. The first-order valence-corrected chi connectivity index (χ1v) is 5.50. The van der Waals surface area contributed by atoms with E-state index in [0.717, 1.165) is 12.4 Å². The van der Waals surface area contributed by atoms with Gasteiger partial charge < -0.3 is 10.3 Å². The molecule has 0 radical (unpaired) electrons. The molecule has 3 nitrogen and oxygen atoms in total. The number of rotatable bonds is 4. The molecule has 1 aromatic rings.